The van der Waals surface area contributed by atoms with Gasteiger partial charge in [0.1, 0.15) is 22.7 Å². The van der Waals surface area contributed by atoms with Crippen molar-refractivity contribution in [3.8, 4) is 11.5 Å². The maximum atomic E-state index is 13.2. The first-order chi connectivity index (χ1) is 23.1. The monoisotopic (exact) mass is 657 g/mol. The van der Waals surface area contributed by atoms with Crippen molar-refractivity contribution in [2.24, 2.45) is 16.5 Å². The van der Waals surface area contributed by atoms with E-state index in [2.05, 4.69) is 32.3 Å². The number of rotatable bonds is 9. The van der Waals surface area contributed by atoms with Crippen molar-refractivity contribution in [3.05, 3.63) is 64.9 Å². The molecule has 5 rings (SSSR count). The maximum Gasteiger partial charge on any atom is 0.290 e. The van der Waals surface area contributed by atoms with E-state index >= 15 is 0 Å². The van der Waals surface area contributed by atoms with Crippen molar-refractivity contribution in [1.29, 1.82) is 0 Å². The van der Waals surface area contributed by atoms with Crippen LogP contribution in [0.4, 0.5) is 17.3 Å². The molecule has 3 heterocycles. The number of nitrogens with one attached hydrogen (secondary N) is 2. The number of primary amides is 2. The predicted molar refractivity (Wildman–Crippen MR) is 177 cm³/mol. The lowest BCUT2D eigenvalue weighted by atomic mass is 10.1. The summed E-state index contributed by atoms with van der Waals surface area (Å²) in [6.07, 6.45) is 5.03. The van der Waals surface area contributed by atoms with E-state index in [-0.39, 0.29) is 61.6 Å². The average Bonchev–Trinajstić information content (AvgIpc) is 3.62. The van der Waals surface area contributed by atoms with Crippen LogP contribution in [0.5, 0.6) is 11.5 Å². The largest absolute Gasteiger partial charge is 0.491 e. The number of aromatic nitrogens is 3. The third-order valence-electron chi connectivity index (χ3n) is 7.47. The zero-order valence-electron chi connectivity index (χ0n) is 26.4. The molecule has 48 heavy (non-hydrogen) atoms. The molecule has 6 N–H and O–H groups in total. The van der Waals surface area contributed by atoms with Crippen LogP contribution >= 0.6 is 0 Å². The van der Waals surface area contributed by atoms with Crippen LogP contribution < -0.4 is 36.5 Å². The first kappa shape index (κ1) is 33.2. The molecule has 0 atom stereocenters. The second kappa shape index (κ2) is 14.5. The highest BCUT2D eigenvalue weighted by atomic mass is 16.5. The zero-order chi connectivity index (χ0) is 34.4. The van der Waals surface area contributed by atoms with Gasteiger partial charge in [0, 0.05) is 37.6 Å². The Labute approximate surface area is 274 Å². The van der Waals surface area contributed by atoms with Gasteiger partial charge in [-0.2, -0.15) is 0 Å². The molecule has 0 aliphatic carbocycles. The number of nitrogens with two attached hydrogens (primary N) is 2. The molecule has 4 aromatic rings. The molecular formula is C32H35N9O7. The Morgan fingerprint density at radius 2 is 1.71 bits per heavy atom. The number of ether oxygens (including phenoxy) is 2. The third kappa shape index (κ3) is 6.96. The minimum atomic E-state index is -0.688. The van der Waals surface area contributed by atoms with Crippen LogP contribution in [-0.4, -0.2) is 71.8 Å². The van der Waals surface area contributed by atoms with Crippen LogP contribution in [0.1, 0.15) is 56.2 Å². The maximum absolute atomic E-state index is 13.2. The number of carbonyl (C=O) groups excluding carboxylic acids is 4. The topological polar surface area (TPSA) is 222 Å². The SMILES string of the molecule is C=Nc1cc(C(N)=O)cc2c1N(CNC(=O)c1oc(C)nc1CC)C/C=C/Cn1c(NC=O)nc3cc(C(N)=O)cc(c31)OCCCO2. The second-order valence-electron chi connectivity index (χ2n) is 10.6. The molecular weight excluding hydrogens is 622 g/mol. The Morgan fingerprint density at radius 1 is 1.02 bits per heavy atom. The molecule has 0 unspecified atom stereocenters. The summed E-state index contributed by atoms with van der Waals surface area (Å²) in [7, 11) is 0. The number of hydrogen-bond acceptors (Lipinski definition) is 11. The van der Waals surface area contributed by atoms with E-state index in [9.17, 15) is 19.2 Å². The number of fused-ring (bicyclic) bond motifs is 1. The van der Waals surface area contributed by atoms with E-state index in [1.165, 1.54) is 24.3 Å². The van der Waals surface area contributed by atoms with Gasteiger partial charge < -0.3 is 40.1 Å². The van der Waals surface area contributed by atoms with Crippen molar-refractivity contribution in [2.75, 3.05) is 36.6 Å². The summed E-state index contributed by atoms with van der Waals surface area (Å²) >= 11 is 0. The van der Waals surface area contributed by atoms with Crippen LogP contribution in [0.25, 0.3) is 11.0 Å². The molecule has 2 aromatic carbocycles. The van der Waals surface area contributed by atoms with Gasteiger partial charge in [0.15, 0.2) is 5.89 Å². The molecule has 0 saturated heterocycles. The van der Waals surface area contributed by atoms with Crippen molar-refractivity contribution in [2.45, 2.75) is 33.2 Å². The number of imidazole rings is 1. The minimum absolute atomic E-state index is 0.0318. The minimum Gasteiger partial charge on any atom is -0.491 e. The van der Waals surface area contributed by atoms with Gasteiger partial charge >= 0.3 is 0 Å². The van der Waals surface area contributed by atoms with E-state index in [0.29, 0.717) is 59.0 Å². The number of nitrogens with zero attached hydrogens (tertiary/aromatic N) is 5. The fraction of sp³-hybridized carbons (Fsp3) is 0.281. The quantitative estimate of drug-likeness (QED) is 0.117. The number of aryl methyl sites for hydroxylation is 2. The number of benzene rings is 2. The Bertz CT molecular complexity index is 1930. The normalized spacial score (nSPS) is 14.0. The number of hydrogen-bond donors (Lipinski definition) is 4. The molecule has 0 fully saturated rings. The molecule has 250 valence electrons. The van der Waals surface area contributed by atoms with E-state index in [0.717, 1.165) is 0 Å². The van der Waals surface area contributed by atoms with Gasteiger partial charge in [0.25, 0.3) is 5.91 Å². The summed E-state index contributed by atoms with van der Waals surface area (Å²) in [4.78, 5) is 63.7. The molecule has 0 bridgehead atoms. The van der Waals surface area contributed by atoms with Crippen LogP contribution in [-0.2, 0) is 17.8 Å². The van der Waals surface area contributed by atoms with Gasteiger partial charge in [-0.25, -0.2) is 9.97 Å². The molecule has 1 aliphatic rings. The lowest BCUT2D eigenvalue weighted by molar-refractivity contribution is -0.105. The summed E-state index contributed by atoms with van der Waals surface area (Å²) in [5.74, 6) is -0.490. The number of oxazole rings is 1. The Kier molecular flexibility index (Phi) is 10.0. The first-order valence-corrected chi connectivity index (χ1v) is 15.0. The van der Waals surface area contributed by atoms with Crippen LogP contribution in [0.15, 0.2) is 45.8 Å². The molecule has 1 aliphatic heterocycles. The summed E-state index contributed by atoms with van der Waals surface area (Å²) in [6.45, 7) is 7.92. The Balaban J connectivity index is 1.56. The summed E-state index contributed by atoms with van der Waals surface area (Å²) in [5, 5.41) is 5.48. The summed E-state index contributed by atoms with van der Waals surface area (Å²) in [6, 6.07) is 6.05. The van der Waals surface area contributed by atoms with Gasteiger partial charge in [-0.05, 0) is 37.4 Å². The summed E-state index contributed by atoms with van der Waals surface area (Å²) in [5.41, 5.74) is 13.7. The highest BCUT2D eigenvalue weighted by Gasteiger charge is 2.23. The van der Waals surface area contributed by atoms with E-state index < -0.39 is 17.7 Å². The van der Waals surface area contributed by atoms with Crippen LogP contribution in [0.3, 0.4) is 0 Å². The van der Waals surface area contributed by atoms with Gasteiger partial charge in [-0.1, -0.05) is 19.1 Å². The smallest absolute Gasteiger partial charge is 0.290 e. The first-order valence-electron chi connectivity index (χ1n) is 15.0. The number of allylic oxidation sites excluding steroid dienone is 1. The fourth-order valence-corrected chi connectivity index (χ4v) is 5.28. The van der Waals surface area contributed by atoms with Gasteiger partial charge in [-0.3, -0.25) is 29.5 Å². The van der Waals surface area contributed by atoms with Crippen molar-refractivity contribution >= 4 is 59.2 Å². The molecule has 0 radical (unpaired) electrons. The number of amides is 4. The van der Waals surface area contributed by atoms with Gasteiger partial charge in [-0.15, -0.1) is 0 Å². The van der Waals surface area contributed by atoms with Gasteiger partial charge in [0.05, 0.1) is 36.8 Å². The number of aliphatic imine (C=N–C) groups is 1. The summed E-state index contributed by atoms with van der Waals surface area (Å²) < 4.78 is 19.6. The molecule has 0 saturated carbocycles. The average molecular weight is 658 g/mol. The van der Waals surface area contributed by atoms with Crippen molar-refractivity contribution in [1.82, 2.24) is 19.9 Å². The molecule has 16 heteroatoms. The van der Waals surface area contributed by atoms with E-state index in [4.69, 9.17) is 25.4 Å². The van der Waals surface area contributed by atoms with Crippen LogP contribution in [0, 0.1) is 6.92 Å². The van der Waals surface area contributed by atoms with Crippen molar-refractivity contribution < 1.29 is 33.1 Å². The predicted octanol–water partition coefficient (Wildman–Crippen LogP) is 2.60. The third-order valence-corrected chi connectivity index (χ3v) is 7.47. The van der Waals surface area contributed by atoms with Crippen molar-refractivity contribution in [3.63, 3.8) is 0 Å². The highest BCUT2D eigenvalue weighted by Crippen LogP contribution is 2.40. The molecule has 16 nitrogen and oxygen atoms in total. The van der Waals surface area contributed by atoms with E-state index in [1.807, 2.05) is 19.1 Å². The number of anilines is 2. The lowest BCUT2D eigenvalue weighted by Gasteiger charge is -2.27. The molecule has 4 amide bonds. The second-order valence-corrected chi connectivity index (χ2v) is 10.6. The molecule has 2 aromatic heterocycles. The zero-order valence-corrected chi connectivity index (χ0v) is 26.4. The molecule has 0 spiro atoms. The van der Waals surface area contributed by atoms with Crippen LogP contribution in [0.2, 0.25) is 0 Å². The lowest BCUT2D eigenvalue weighted by Crippen LogP contribution is -2.38. The fourth-order valence-electron chi connectivity index (χ4n) is 5.28. The highest BCUT2D eigenvalue weighted by molar-refractivity contribution is 5.99. The Morgan fingerprint density at radius 3 is 2.40 bits per heavy atom. The van der Waals surface area contributed by atoms with Gasteiger partial charge in [0.2, 0.25) is 29.9 Å². The standard InChI is InChI=1S/C32H35N9O7/c1-4-21-28(48-18(2)38-21)31(45)36-16-40-8-5-6-9-41-27-23(39-32(41)37-17-42)13-20(30(34)44)15-25(27)47-11-7-10-46-24-14-19(29(33)43)12-22(35-3)26(24)40/h5-6,12-15,17H,3-4,7-11,16H2,1-2H3,(H2,33,43)(H2,34,44)(H,36,45)(H,37,39,42)/b6-5+. The Hall–Kier alpha value is -6.19. The number of carbonyl (C=O) groups is 4. The van der Waals surface area contributed by atoms with E-state index in [1.54, 1.807) is 16.4 Å².